The fraction of sp³-hybridized carbons (Fsp3) is 0.353. The van der Waals surface area contributed by atoms with Gasteiger partial charge >= 0.3 is 6.03 Å². The van der Waals surface area contributed by atoms with E-state index in [1.54, 1.807) is 18.2 Å². The summed E-state index contributed by atoms with van der Waals surface area (Å²) in [5.74, 6) is 0.0310. The molecule has 0 spiro atoms. The third-order valence-electron chi connectivity index (χ3n) is 3.48. The number of aliphatic hydroxyl groups is 1. The second kappa shape index (κ2) is 6.83. The van der Waals surface area contributed by atoms with Crippen LogP contribution < -0.4 is 10.6 Å². The molecule has 1 aromatic carbocycles. The second-order valence-electron chi connectivity index (χ2n) is 6.39. The SMILES string of the molecule is CC(C)(C)C(O)CNC(=O)Nc1cc(-c2ccco2)ccc1F. The summed E-state index contributed by atoms with van der Waals surface area (Å²) in [6.45, 7) is 5.67. The fourth-order valence-electron chi connectivity index (χ4n) is 1.88. The maximum atomic E-state index is 13.8. The molecule has 3 N–H and O–H groups in total. The van der Waals surface area contributed by atoms with Gasteiger partial charge in [0.1, 0.15) is 11.6 Å². The minimum absolute atomic E-state index is 0.0432. The molecule has 124 valence electrons. The average molecular weight is 320 g/mol. The van der Waals surface area contributed by atoms with Crippen LogP contribution in [0.2, 0.25) is 0 Å². The van der Waals surface area contributed by atoms with E-state index in [9.17, 15) is 14.3 Å². The van der Waals surface area contributed by atoms with Crippen molar-refractivity contribution in [3.8, 4) is 11.3 Å². The van der Waals surface area contributed by atoms with Gasteiger partial charge in [0.15, 0.2) is 0 Å². The lowest BCUT2D eigenvalue weighted by atomic mass is 9.89. The van der Waals surface area contributed by atoms with Crippen LogP contribution >= 0.6 is 0 Å². The molecule has 0 aliphatic carbocycles. The molecule has 0 aliphatic rings. The highest BCUT2D eigenvalue weighted by molar-refractivity contribution is 5.90. The Hall–Kier alpha value is -2.34. The zero-order chi connectivity index (χ0) is 17.0. The first-order valence-electron chi connectivity index (χ1n) is 7.33. The van der Waals surface area contributed by atoms with Gasteiger partial charge in [-0.1, -0.05) is 20.8 Å². The standard InChI is InChI=1S/C17H21FN2O3/c1-17(2,3)15(21)10-19-16(22)20-13-9-11(6-7-12(13)18)14-5-4-8-23-14/h4-9,15,21H,10H2,1-3H3,(H2,19,20,22). The van der Waals surface area contributed by atoms with Gasteiger partial charge in [-0.25, -0.2) is 9.18 Å². The number of carbonyl (C=O) groups is 1. The fourth-order valence-corrected chi connectivity index (χ4v) is 1.88. The molecule has 0 saturated heterocycles. The molecule has 1 heterocycles. The van der Waals surface area contributed by atoms with Crippen molar-refractivity contribution in [3.63, 3.8) is 0 Å². The van der Waals surface area contributed by atoms with Crippen molar-refractivity contribution >= 4 is 11.7 Å². The first kappa shape index (κ1) is 17.0. The van der Waals surface area contributed by atoms with Crippen LogP contribution in [0, 0.1) is 11.2 Å². The van der Waals surface area contributed by atoms with E-state index in [4.69, 9.17) is 4.42 Å². The molecule has 5 nitrogen and oxygen atoms in total. The van der Waals surface area contributed by atoms with Crippen LogP contribution in [0.3, 0.4) is 0 Å². The van der Waals surface area contributed by atoms with Gasteiger partial charge < -0.3 is 20.2 Å². The quantitative estimate of drug-likeness (QED) is 0.805. The number of hydrogen-bond donors (Lipinski definition) is 3. The molecular formula is C17H21FN2O3. The minimum atomic E-state index is -0.701. The van der Waals surface area contributed by atoms with Crippen molar-refractivity contribution in [2.75, 3.05) is 11.9 Å². The Morgan fingerprint density at radius 1 is 1.35 bits per heavy atom. The van der Waals surface area contributed by atoms with E-state index in [2.05, 4.69) is 10.6 Å². The largest absolute Gasteiger partial charge is 0.464 e. The van der Waals surface area contributed by atoms with E-state index in [1.807, 2.05) is 20.8 Å². The monoisotopic (exact) mass is 320 g/mol. The van der Waals surface area contributed by atoms with Gasteiger partial charge in [-0.2, -0.15) is 0 Å². The number of carbonyl (C=O) groups excluding carboxylic acids is 1. The Bertz CT molecular complexity index is 663. The van der Waals surface area contributed by atoms with Crippen molar-refractivity contribution in [1.29, 1.82) is 0 Å². The predicted octanol–water partition coefficient (Wildman–Crippen LogP) is 3.61. The summed E-state index contributed by atoms with van der Waals surface area (Å²) < 4.78 is 19.1. The first-order valence-corrected chi connectivity index (χ1v) is 7.33. The number of anilines is 1. The zero-order valence-electron chi connectivity index (χ0n) is 13.4. The predicted molar refractivity (Wildman–Crippen MR) is 86.6 cm³/mol. The molecule has 23 heavy (non-hydrogen) atoms. The number of aliphatic hydroxyl groups excluding tert-OH is 1. The van der Waals surface area contributed by atoms with E-state index < -0.39 is 18.0 Å². The van der Waals surface area contributed by atoms with Crippen molar-refractivity contribution in [1.82, 2.24) is 5.32 Å². The number of hydrogen-bond acceptors (Lipinski definition) is 3. The smallest absolute Gasteiger partial charge is 0.319 e. The number of urea groups is 1. The molecule has 2 rings (SSSR count). The van der Waals surface area contributed by atoms with E-state index >= 15 is 0 Å². The molecular weight excluding hydrogens is 299 g/mol. The molecule has 0 aliphatic heterocycles. The Balaban J connectivity index is 2.02. The molecule has 2 amide bonds. The van der Waals surface area contributed by atoms with Gasteiger partial charge in [0, 0.05) is 12.1 Å². The minimum Gasteiger partial charge on any atom is -0.464 e. The third kappa shape index (κ3) is 4.56. The summed E-state index contributed by atoms with van der Waals surface area (Å²) >= 11 is 0. The van der Waals surface area contributed by atoms with Crippen molar-refractivity contribution in [2.45, 2.75) is 26.9 Å². The molecule has 1 aromatic heterocycles. The Kier molecular flexibility index (Phi) is 5.05. The van der Waals surface area contributed by atoms with Crippen LogP contribution in [-0.4, -0.2) is 23.8 Å². The molecule has 0 bridgehead atoms. The molecule has 6 heteroatoms. The number of furan rings is 1. The number of halogens is 1. The molecule has 2 aromatic rings. The molecule has 0 fully saturated rings. The third-order valence-corrected chi connectivity index (χ3v) is 3.48. The Labute approximate surface area is 134 Å². The van der Waals surface area contributed by atoms with Crippen LogP contribution in [0.5, 0.6) is 0 Å². The Morgan fingerprint density at radius 2 is 2.09 bits per heavy atom. The van der Waals surface area contributed by atoms with E-state index in [-0.39, 0.29) is 17.6 Å². The first-order chi connectivity index (χ1) is 10.8. The molecule has 0 saturated carbocycles. The van der Waals surface area contributed by atoms with Gasteiger partial charge in [0.05, 0.1) is 18.1 Å². The highest BCUT2D eigenvalue weighted by atomic mass is 19.1. The van der Waals surface area contributed by atoms with E-state index in [0.717, 1.165) is 0 Å². The van der Waals surface area contributed by atoms with Gasteiger partial charge in [-0.05, 0) is 35.7 Å². The van der Waals surface area contributed by atoms with Crippen LogP contribution in [-0.2, 0) is 0 Å². The van der Waals surface area contributed by atoms with Gasteiger partial charge in [0.25, 0.3) is 0 Å². The number of nitrogens with one attached hydrogen (secondary N) is 2. The molecule has 1 atom stereocenters. The molecule has 1 unspecified atom stereocenters. The summed E-state index contributed by atoms with van der Waals surface area (Å²) in [4.78, 5) is 11.9. The maximum Gasteiger partial charge on any atom is 0.319 e. The second-order valence-corrected chi connectivity index (χ2v) is 6.39. The maximum absolute atomic E-state index is 13.8. The zero-order valence-corrected chi connectivity index (χ0v) is 13.4. The summed E-state index contributed by atoms with van der Waals surface area (Å²) in [6.07, 6.45) is 0.819. The van der Waals surface area contributed by atoms with Crippen LogP contribution in [0.25, 0.3) is 11.3 Å². The molecule has 0 radical (unpaired) electrons. The van der Waals surface area contributed by atoms with Crippen molar-refractivity contribution in [3.05, 3.63) is 42.4 Å². The van der Waals surface area contributed by atoms with Gasteiger partial charge in [0.2, 0.25) is 0 Å². The lowest BCUT2D eigenvalue weighted by Gasteiger charge is -2.25. The summed E-state index contributed by atoms with van der Waals surface area (Å²) in [5, 5.41) is 14.9. The van der Waals surface area contributed by atoms with Gasteiger partial charge in [-0.3, -0.25) is 0 Å². The van der Waals surface area contributed by atoms with Crippen molar-refractivity contribution < 1.29 is 18.7 Å². The highest BCUT2D eigenvalue weighted by Crippen LogP contribution is 2.25. The highest BCUT2D eigenvalue weighted by Gasteiger charge is 2.22. The Morgan fingerprint density at radius 3 is 2.70 bits per heavy atom. The number of amides is 2. The normalized spacial score (nSPS) is 12.7. The number of rotatable bonds is 4. The van der Waals surface area contributed by atoms with Crippen LogP contribution in [0.1, 0.15) is 20.8 Å². The van der Waals surface area contributed by atoms with Crippen LogP contribution in [0.4, 0.5) is 14.9 Å². The van der Waals surface area contributed by atoms with E-state index in [0.29, 0.717) is 11.3 Å². The summed E-state index contributed by atoms with van der Waals surface area (Å²) in [7, 11) is 0. The van der Waals surface area contributed by atoms with Crippen LogP contribution in [0.15, 0.2) is 41.0 Å². The topological polar surface area (TPSA) is 74.5 Å². The average Bonchev–Trinajstić information content (AvgIpc) is 3.00. The van der Waals surface area contributed by atoms with E-state index in [1.165, 1.54) is 18.4 Å². The lowest BCUT2D eigenvalue weighted by Crippen LogP contribution is -2.41. The van der Waals surface area contributed by atoms with Crippen molar-refractivity contribution in [2.24, 2.45) is 5.41 Å². The lowest BCUT2D eigenvalue weighted by molar-refractivity contribution is 0.0654. The summed E-state index contributed by atoms with van der Waals surface area (Å²) in [6, 6.07) is 7.22. The number of benzene rings is 1. The summed E-state index contributed by atoms with van der Waals surface area (Å²) in [5.41, 5.74) is 0.348. The van der Waals surface area contributed by atoms with Gasteiger partial charge in [-0.15, -0.1) is 0 Å².